The molecule has 0 aliphatic heterocycles. The van der Waals surface area contributed by atoms with Gasteiger partial charge in [0.1, 0.15) is 11.6 Å². The number of nitrogens with one attached hydrogen (secondary N) is 1. The first kappa shape index (κ1) is 18.7. The number of rotatable bonds is 6. The lowest BCUT2D eigenvalue weighted by molar-refractivity contribution is -0.153. The molecule has 0 aliphatic carbocycles. The van der Waals surface area contributed by atoms with Crippen molar-refractivity contribution in [1.29, 1.82) is 0 Å². The van der Waals surface area contributed by atoms with Gasteiger partial charge >= 0.3 is 6.18 Å². The summed E-state index contributed by atoms with van der Waals surface area (Å²) in [7, 11) is 0. The maximum absolute atomic E-state index is 12.3. The monoisotopic (exact) mass is 373 g/mol. The van der Waals surface area contributed by atoms with Crippen LogP contribution in [0.1, 0.15) is 11.4 Å². The highest BCUT2D eigenvalue weighted by molar-refractivity contribution is 5.64. The Morgan fingerprint density at radius 1 is 1.04 bits per heavy atom. The predicted molar refractivity (Wildman–Crippen MR) is 97.5 cm³/mol. The second kappa shape index (κ2) is 8.07. The third-order valence-electron chi connectivity index (χ3n) is 3.73. The number of ether oxygens (including phenoxy) is 1. The van der Waals surface area contributed by atoms with E-state index in [1.807, 2.05) is 43.3 Å². The lowest BCUT2D eigenvalue weighted by atomic mass is 10.1. The van der Waals surface area contributed by atoms with Crippen molar-refractivity contribution < 1.29 is 17.9 Å². The Balaban J connectivity index is 1.66. The molecule has 1 N–H and O–H groups in total. The minimum absolute atomic E-state index is 0.192. The number of hydrogen-bond acceptors (Lipinski definition) is 4. The van der Waals surface area contributed by atoms with E-state index in [0.29, 0.717) is 12.4 Å². The largest absolute Gasteiger partial charge is 0.484 e. The van der Waals surface area contributed by atoms with Gasteiger partial charge in [-0.05, 0) is 42.8 Å². The Morgan fingerprint density at radius 2 is 1.85 bits per heavy atom. The molecule has 140 valence electrons. The minimum Gasteiger partial charge on any atom is -0.484 e. The van der Waals surface area contributed by atoms with Crippen LogP contribution >= 0.6 is 0 Å². The molecule has 27 heavy (non-hydrogen) atoms. The molecule has 7 heteroatoms. The van der Waals surface area contributed by atoms with Crippen molar-refractivity contribution in [1.82, 2.24) is 9.97 Å². The molecule has 0 atom stereocenters. The predicted octanol–water partition coefficient (Wildman–Crippen LogP) is 5.01. The summed E-state index contributed by atoms with van der Waals surface area (Å²) < 4.78 is 41.6. The van der Waals surface area contributed by atoms with Gasteiger partial charge in [-0.2, -0.15) is 13.2 Å². The van der Waals surface area contributed by atoms with Gasteiger partial charge in [-0.1, -0.05) is 24.3 Å². The van der Waals surface area contributed by atoms with Crippen LogP contribution in [0.4, 0.5) is 18.9 Å². The van der Waals surface area contributed by atoms with Crippen LogP contribution in [0, 0.1) is 6.92 Å². The van der Waals surface area contributed by atoms with Crippen LogP contribution in [0.5, 0.6) is 5.75 Å². The number of benzene rings is 2. The fourth-order valence-corrected chi connectivity index (χ4v) is 2.52. The van der Waals surface area contributed by atoms with Gasteiger partial charge < -0.3 is 10.1 Å². The van der Waals surface area contributed by atoms with E-state index in [1.54, 1.807) is 18.3 Å². The van der Waals surface area contributed by atoms with E-state index < -0.39 is 12.8 Å². The molecule has 1 heterocycles. The smallest absolute Gasteiger partial charge is 0.422 e. The van der Waals surface area contributed by atoms with Crippen LogP contribution in [0.15, 0.2) is 60.8 Å². The Labute approximate surface area is 155 Å². The highest BCUT2D eigenvalue weighted by Gasteiger charge is 2.28. The van der Waals surface area contributed by atoms with Gasteiger partial charge in [-0.15, -0.1) is 0 Å². The summed E-state index contributed by atoms with van der Waals surface area (Å²) in [5, 5.41) is 3.26. The first-order valence-electron chi connectivity index (χ1n) is 8.31. The zero-order chi connectivity index (χ0) is 19.3. The van der Waals surface area contributed by atoms with Crippen molar-refractivity contribution in [3.05, 3.63) is 72.2 Å². The van der Waals surface area contributed by atoms with Crippen molar-refractivity contribution in [3.63, 3.8) is 0 Å². The number of hydrogen-bond donors (Lipinski definition) is 1. The van der Waals surface area contributed by atoms with Crippen LogP contribution < -0.4 is 10.1 Å². The molecule has 4 nitrogen and oxygen atoms in total. The second-order valence-electron chi connectivity index (χ2n) is 5.97. The van der Waals surface area contributed by atoms with Crippen molar-refractivity contribution in [2.75, 3.05) is 11.9 Å². The van der Waals surface area contributed by atoms with Gasteiger partial charge in [0.05, 0.1) is 5.69 Å². The fourth-order valence-electron chi connectivity index (χ4n) is 2.52. The summed E-state index contributed by atoms with van der Waals surface area (Å²) in [6.45, 7) is 0.985. The summed E-state index contributed by atoms with van der Waals surface area (Å²) in [6, 6.07) is 16.2. The van der Waals surface area contributed by atoms with Crippen LogP contribution in [0.25, 0.3) is 11.3 Å². The van der Waals surface area contributed by atoms with E-state index in [1.165, 1.54) is 6.07 Å². The second-order valence-corrected chi connectivity index (χ2v) is 5.97. The standard InChI is InChI=1S/C20H18F3N3O/c1-14-24-9-8-19(26-14)16-5-3-6-17(11-16)25-12-15-4-2-7-18(10-15)27-13-20(21,22)23/h2-11,25H,12-13H2,1H3. The molecule has 0 bridgehead atoms. The molecule has 0 amide bonds. The maximum Gasteiger partial charge on any atom is 0.422 e. The Morgan fingerprint density at radius 3 is 2.63 bits per heavy atom. The van der Waals surface area contributed by atoms with Gasteiger partial charge in [0.2, 0.25) is 0 Å². The van der Waals surface area contributed by atoms with Gasteiger partial charge in [-0.25, -0.2) is 9.97 Å². The minimum atomic E-state index is -4.35. The topological polar surface area (TPSA) is 47.0 Å². The molecule has 2 aromatic carbocycles. The van der Waals surface area contributed by atoms with Crippen molar-refractivity contribution in [2.24, 2.45) is 0 Å². The van der Waals surface area contributed by atoms with E-state index >= 15 is 0 Å². The quantitative estimate of drug-likeness (QED) is 0.660. The molecule has 3 rings (SSSR count). The van der Waals surface area contributed by atoms with Crippen LogP contribution in [-0.4, -0.2) is 22.8 Å². The molecular formula is C20H18F3N3O. The Kier molecular flexibility index (Phi) is 5.59. The van der Waals surface area contributed by atoms with E-state index in [0.717, 1.165) is 22.5 Å². The average Bonchev–Trinajstić information content (AvgIpc) is 2.65. The molecule has 0 fully saturated rings. The molecular weight excluding hydrogens is 355 g/mol. The van der Waals surface area contributed by atoms with E-state index in [4.69, 9.17) is 4.74 Å². The third-order valence-corrected chi connectivity index (χ3v) is 3.73. The zero-order valence-electron chi connectivity index (χ0n) is 14.6. The Bertz CT molecular complexity index is 913. The normalized spacial score (nSPS) is 11.3. The first-order chi connectivity index (χ1) is 12.9. The van der Waals surface area contributed by atoms with Crippen molar-refractivity contribution >= 4 is 5.69 Å². The number of alkyl halides is 3. The molecule has 3 aromatic rings. The molecule has 0 saturated carbocycles. The highest BCUT2D eigenvalue weighted by atomic mass is 19.4. The summed E-state index contributed by atoms with van der Waals surface area (Å²) in [6.07, 6.45) is -2.64. The number of nitrogens with zero attached hydrogens (tertiary/aromatic N) is 2. The van der Waals surface area contributed by atoms with Crippen LogP contribution in [0.3, 0.4) is 0 Å². The highest BCUT2D eigenvalue weighted by Crippen LogP contribution is 2.22. The summed E-state index contributed by atoms with van der Waals surface area (Å²) in [5.41, 5.74) is 3.48. The Hall–Kier alpha value is -3.09. The zero-order valence-corrected chi connectivity index (χ0v) is 14.6. The molecule has 1 aromatic heterocycles. The van der Waals surface area contributed by atoms with Crippen LogP contribution in [0.2, 0.25) is 0 Å². The molecule has 0 spiro atoms. The molecule has 0 unspecified atom stereocenters. The number of aryl methyl sites for hydroxylation is 1. The molecule has 0 radical (unpaired) electrons. The SMILES string of the molecule is Cc1nccc(-c2cccc(NCc3cccc(OCC(F)(F)F)c3)c2)n1. The van der Waals surface area contributed by atoms with E-state index in [9.17, 15) is 13.2 Å². The van der Waals surface area contributed by atoms with Gasteiger partial charge in [0.25, 0.3) is 0 Å². The average molecular weight is 373 g/mol. The van der Waals surface area contributed by atoms with Crippen LogP contribution in [-0.2, 0) is 6.54 Å². The van der Waals surface area contributed by atoms with E-state index in [-0.39, 0.29) is 5.75 Å². The number of anilines is 1. The lowest BCUT2D eigenvalue weighted by Crippen LogP contribution is -2.19. The van der Waals surface area contributed by atoms with Gasteiger partial charge in [-0.3, -0.25) is 0 Å². The number of halogens is 3. The van der Waals surface area contributed by atoms with E-state index in [2.05, 4.69) is 15.3 Å². The summed E-state index contributed by atoms with van der Waals surface area (Å²) in [5.74, 6) is 0.887. The number of aromatic nitrogens is 2. The summed E-state index contributed by atoms with van der Waals surface area (Å²) in [4.78, 5) is 8.50. The first-order valence-corrected chi connectivity index (χ1v) is 8.31. The van der Waals surface area contributed by atoms with Crippen molar-refractivity contribution in [3.8, 4) is 17.0 Å². The summed E-state index contributed by atoms with van der Waals surface area (Å²) >= 11 is 0. The third kappa shape index (κ3) is 5.70. The fraction of sp³-hybridized carbons (Fsp3) is 0.200. The maximum atomic E-state index is 12.3. The van der Waals surface area contributed by atoms with Gasteiger partial charge in [0.15, 0.2) is 6.61 Å². The molecule has 0 aliphatic rings. The molecule has 0 saturated heterocycles. The van der Waals surface area contributed by atoms with Gasteiger partial charge in [0, 0.05) is 24.0 Å². The lowest BCUT2D eigenvalue weighted by Gasteiger charge is -2.12. The van der Waals surface area contributed by atoms with Crippen molar-refractivity contribution in [2.45, 2.75) is 19.6 Å².